The number of hydrogen-bond donors (Lipinski definition) is 2. The molecule has 9 heteroatoms. The van der Waals surface area contributed by atoms with Gasteiger partial charge in [0.25, 0.3) is 0 Å². The average Bonchev–Trinajstić information content (AvgIpc) is 2.68. The molecule has 2 rings (SSSR count). The van der Waals surface area contributed by atoms with Crippen LogP contribution in [0.25, 0.3) is 5.69 Å². The van der Waals surface area contributed by atoms with Crippen molar-refractivity contribution in [3.63, 3.8) is 0 Å². The van der Waals surface area contributed by atoms with Crippen molar-refractivity contribution in [3.8, 4) is 5.69 Å². The van der Waals surface area contributed by atoms with Crippen LogP contribution in [-0.4, -0.2) is 31.6 Å². The van der Waals surface area contributed by atoms with E-state index in [2.05, 4.69) is 32.8 Å². The number of halogens is 2. The number of thioether (sulfide) groups is 1. The summed E-state index contributed by atoms with van der Waals surface area (Å²) in [4.78, 5) is 22.3. The van der Waals surface area contributed by atoms with E-state index in [1.54, 1.807) is 18.2 Å². The number of carboxylic acids is 1. The molecule has 2 aromatic rings. The maximum Gasteiger partial charge on any atom is 0.348 e. The zero-order valence-corrected chi connectivity index (χ0v) is 13.0. The number of nitrogens with zero attached hydrogens (tertiary/aromatic N) is 2. The highest BCUT2D eigenvalue weighted by molar-refractivity contribution is 14.1. The van der Waals surface area contributed by atoms with Crippen molar-refractivity contribution >= 4 is 51.9 Å². The van der Waals surface area contributed by atoms with Crippen LogP contribution in [0.2, 0.25) is 5.02 Å². The lowest BCUT2D eigenvalue weighted by molar-refractivity contribution is -0.133. The van der Waals surface area contributed by atoms with Gasteiger partial charge in [0.2, 0.25) is 0 Å². The standard InChI is InChI=1S/C10H7ClIN3O3S/c11-5-1-2-7(6(12)3-5)15-9(18)13-14-10(15)19-4-8(16)17/h1-3H,4H2,(H,13,18)(H,16,17). The van der Waals surface area contributed by atoms with Gasteiger partial charge in [0.15, 0.2) is 5.16 Å². The molecule has 0 saturated heterocycles. The zero-order valence-electron chi connectivity index (χ0n) is 9.26. The van der Waals surface area contributed by atoms with E-state index in [1.165, 1.54) is 4.57 Å². The number of aromatic amines is 1. The van der Waals surface area contributed by atoms with Crippen LogP contribution in [0.5, 0.6) is 0 Å². The second-order valence-corrected chi connectivity index (χ2v) is 5.97. The quantitative estimate of drug-likeness (QED) is 0.593. The summed E-state index contributed by atoms with van der Waals surface area (Å²) in [7, 11) is 0. The fourth-order valence-electron chi connectivity index (χ4n) is 1.38. The molecule has 19 heavy (non-hydrogen) atoms. The molecule has 0 radical (unpaired) electrons. The van der Waals surface area contributed by atoms with Crippen LogP contribution < -0.4 is 5.69 Å². The van der Waals surface area contributed by atoms with E-state index in [1.807, 2.05) is 0 Å². The molecule has 0 atom stereocenters. The first-order valence-corrected chi connectivity index (χ1v) is 7.40. The molecule has 0 bridgehead atoms. The Labute approximate surface area is 130 Å². The van der Waals surface area contributed by atoms with Gasteiger partial charge in [0.1, 0.15) is 0 Å². The summed E-state index contributed by atoms with van der Waals surface area (Å²) in [5, 5.41) is 15.7. The topological polar surface area (TPSA) is 88.0 Å². The first-order chi connectivity index (χ1) is 8.99. The Morgan fingerprint density at radius 1 is 1.58 bits per heavy atom. The molecule has 0 aliphatic carbocycles. The van der Waals surface area contributed by atoms with E-state index in [0.29, 0.717) is 15.9 Å². The molecule has 0 amide bonds. The number of aromatic nitrogens is 3. The Hall–Kier alpha value is -1.000. The third-order valence-electron chi connectivity index (χ3n) is 2.12. The van der Waals surface area contributed by atoms with Crippen molar-refractivity contribution in [1.29, 1.82) is 0 Å². The van der Waals surface area contributed by atoms with Gasteiger partial charge in [-0.1, -0.05) is 23.4 Å². The van der Waals surface area contributed by atoms with E-state index in [-0.39, 0.29) is 5.75 Å². The molecule has 6 nitrogen and oxygen atoms in total. The Bertz CT molecular complexity index is 685. The van der Waals surface area contributed by atoms with Crippen LogP contribution in [0.3, 0.4) is 0 Å². The molecule has 1 aromatic carbocycles. The summed E-state index contributed by atoms with van der Waals surface area (Å²) in [5.74, 6) is -1.15. The van der Waals surface area contributed by atoms with Gasteiger partial charge in [-0.15, -0.1) is 5.10 Å². The lowest BCUT2D eigenvalue weighted by atomic mass is 10.3. The van der Waals surface area contributed by atoms with E-state index in [0.717, 1.165) is 15.3 Å². The molecule has 0 aliphatic rings. The fourth-order valence-corrected chi connectivity index (χ4v) is 3.17. The Kier molecular flexibility index (Phi) is 4.53. The molecule has 0 unspecified atom stereocenters. The molecule has 0 aliphatic heterocycles. The van der Waals surface area contributed by atoms with Gasteiger partial charge in [-0.25, -0.2) is 14.5 Å². The molecule has 1 heterocycles. The molecule has 2 N–H and O–H groups in total. The van der Waals surface area contributed by atoms with Gasteiger partial charge in [-0.3, -0.25) is 4.79 Å². The van der Waals surface area contributed by atoms with E-state index < -0.39 is 11.7 Å². The number of benzene rings is 1. The minimum absolute atomic E-state index is 0.172. The monoisotopic (exact) mass is 411 g/mol. The van der Waals surface area contributed by atoms with Crippen LogP contribution in [0.15, 0.2) is 28.2 Å². The maximum atomic E-state index is 11.8. The van der Waals surface area contributed by atoms with E-state index in [4.69, 9.17) is 16.7 Å². The van der Waals surface area contributed by atoms with Gasteiger partial charge in [-0.05, 0) is 40.8 Å². The van der Waals surface area contributed by atoms with Crippen LogP contribution in [0.1, 0.15) is 0 Å². The van der Waals surface area contributed by atoms with Crippen molar-refractivity contribution in [3.05, 3.63) is 37.3 Å². The van der Waals surface area contributed by atoms with Crippen LogP contribution in [0, 0.1) is 3.57 Å². The highest BCUT2D eigenvalue weighted by atomic mass is 127. The fraction of sp³-hybridized carbons (Fsp3) is 0.100. The van der Waals surface area contributed by atoms with Gasteiger partial charge >= 0.3 is 11.7 Å². The number of hydrogen-bond acceptors (Lipinski definition) is 4. The number of carbonyl (C=O) groups is 1. The van der Waals surface area contributed by atoms with Gasteiger partial charge < -0.3 is 5.11 Å². The van der Waals surface area contributed by atoms with Crippen molar-refractivity contribution in [2.45, 2.75) is 5.16 Å². The number of nitrogens with one attached hydrogen (secondary N) is 1. The molecular weight excluding hydrogens is 405 g/mol. The average molecular weight is 412 g/mol. The largest absolute Gasteiger partial charge is 0.481 e. The molecule has 100 valence electrons. The first kappa shape index (κ1) is 14.4. The first-order valence-electron chi connectivity index (χ1n) is 4.96. The summed E-state index contributed by atoms with van der Waals surface area (Å²) in [6.07, 6.45) is 0. The minimum atomic E-state index is -0.974. The SMILES string of the molecule is O=C(O)CSc1n[nH]c(=O)n1-c1ccc(Cl)cc1I. The third-order valence-corrected chi connectivity index (χ3v) is 4.14. The molecule has 0 fully saturated rings. The maximum absolute atomic E-state index is 11.8. The third kappa shape index (κ3) is 3.31. The predicted octanol–water partition coefficient (Wildman–Crippen LogP) is 2.00. The smallest absolute Gasteiger partial charge is 0.348 e. The van der Waals surface area contributed by atoms with Crippen molar-refractivity contribution < 1.29 is 9.90 Å². The number of aliphatic carboxylic acids is 1. The summed E-state index contributed by atoms with van der Waals surface area (Å²) in [6.45, 7) is 0. The normalized spacial score (nSPS) is 10.6. The minimum Gasteiger partial charge on any atom is -0.481 e. The van der Waals surface area contributed by atoms with Gasteiger partial charge in [0, 0.05) is 8.59 Å². The van der Waals surface area contributed by atoms with E-state index >= 15 is 0 Å². The second-order valence-electron chi connectivity index (χ2n) is 3.42. The summed E-state index contributed by atoms with van der Waals surface area (Å²) < 4.78 is 2.09. The molecule has 1 aromatic heterocycles. The lowest BCUT2D eigenvalue weighted by Gasteiger charge is -2.07. The lowest BCUT2D eigenvalue weighted by Crippen LogP contribution is -2.17. The van der Waals surface area contributed by atoms with Crippen molar-refractivity contribution in [2.24, 2.45) is 0 Å². The summed E-state index contributed by atoms with van der Waals surface area (Å²) in [6, 6.07) is 5.05. The summed E-state index contributed by atoms with van der Waals surface area (Å²) >= 11 is 8.88. The molecule has 0 spiro atoms. The second kappa shape index (κ2) is 5.97. The Morgan fingerprint density at radius 3 is 2.95 bits per heavy atom. The Balaban J connectivity index is 2.46. The predicted molar refractivity (Wildman–Crippen MR) is 80.3 cm³/mol. The van der Waals surface area contributed by atoms with Crippen molar-refractivity contribution in [2.75, 3.05) is 5.75 Å². The van der Waals surface area contributed by atoms with Gasteiger partial charge in [-0.2, -0.15) is 0 Å². The number of carboxylic acid groups (broad SMARTS) is 1. The van der Waals surface area contributed by atoms with Crippen LogP contribution in [-0.2, 0) is 4.79 Å². The molecule has 0 saturated carbocycles. The van der Waals surface area contributed by atoms with Gasteiger partial charge in [0.05, 0.1) is 11.4 Å². The zero-order chi connectivity index (χ0) is 14.0. The van der Waals surface area contributed by atoms with Crippen LogP contribution in [0.4, 0.5) is 0 Å². The Morgan fingerprint density at radius 2 is 2.32 bits per heavy atom. The highest BCUT2D eigenvalue weighted by Gasteiger charge is 2.14. The number of H-pyrrole nitrogens is 1. The van der Waals surface area contributed by atoms with Crippen LogP contribution >= 0.6 is 46.0 Å². The summed E-state index contributed by atoms with van der Waals surface area (Å²) in [5.41, 5.74) is 0.185. The number of rotatable bonds is 4. The van der Waals surface area contributed by atoms with Crippen molar-refractivity contribution in [1.82, 2.24) is 14.8 Å². The highest BCUT2D eigenvalue weighted by Crippen LogP contribution is 2.24. The molecular formula is C10H7ClIN3O3S. The van der Waals surface area contributed by atoms with E-state index in [9.17, 15) is 9.59 Å².